The summed E-state index contributed by atoms with van der Waals surface area (Å²) in [5, 5.41) is 3.07. The summed E-state index contributed by atoms with van der Waals surface area (Å²) in [7, 11) is 0. The molecule has 1 fully saturated rings. The van der Waals surface area contributed by atoms with E-state index in [4.69, 9.17) is 5.73 Å². The SMILES string of the molecule is C[C@@H](NC(=O)C1CCCCCC1N)c1cccnc1. The number of nitrogens with two attached hydrogens (primary N) is 1. The van der Waals surface area contributed by atoms with Gasteiger partial charge in [0.15, 0.2) is 0 Å². The number of nitrogens with zero attached hydrogens (tertiary/aromatic N) is 1. The van der Waals surface area contributed by atoms with Gasteiger partial charge in [-0.25, -0.2) is 0 Å². The van der Waals surface area contributed by atoms with Crippen LogP contribution in [0.4, 0.5) is 0 Å². The smallest absolute Gasteiger partial charge is 0.225 e. The minimum atomic E-state index is -0.0402. The van der Waals surface area contributed by atoms with Gasteiger partial charge in [0, 0.05) is 18.4 Å². The largest absolute Gasteiger partial charge is 0.349 e. The summed E-state index contributed by atoms with van der Waals surface area (Å²) in [6.45, 7) is 1.98. The Morgan fingerprint density at radius 2 is 2.21 bits per heavy atom. The summed E-state index contributed by atoms with van der Waals surface area (Å²) in [5.41, 5.74) is 7.15. The number of hydrogen-bond donors (Lipinski definition) is 2. The molecular weight excluding hydrogens is 238 g/mol. The molecule has 4 heteroatoms. The van der Waals surface area contributed by atoms with Crippen LogP contribution in [-0.4, -0.2) is 16.9 Å². The molecule has 19 heavy (non-hydrogen) atoms. The Morgan fingerprint density at radius 1 is 1.42 bits per heavy atom. The molecule has 1 aliphatic carbocycles. The van der Waals surface area contributed by atoms with Crippen LogP contribution in [0.1, 0.15) is 50.6 Å². The van der Waals surface area contributed by atoms with Crippen LogP contribution in [0.25, 0.3) is 0 Å². The van der Waals surface area contributed by atoms with Gasteiger partial charge in [-0.2, -0.15) is 0 Å². The van der Waals surface area contributed by atoms with Crippen molar-refractivity contribution in [1.29, 1.82) is 0 Å². The maximum absolute atomic E-state index is 12.3. The first kappa shape index (κ1) is 14.0. The fourth-order valence-corrected chi connectivity index (χ4v) is 2.70. The highest BCUT2D eigenvalue weighted by Crippen LogP contribution is 2.23. The molecule has 1 heterocycles. The van der Waals surface area contributed by atoms with Crippen LogP contribution in [0.3, 0.4) is 0 Å². The summed E-state index contributed by atoms with van der Waals surface area (Å²) >= 11 is 0. The van der Waals surface area contributed by atoms with E-state index < -0.39 is 0 Å². The van der Waals surface area contributed by atoms with E-state index in [2.05, 4.69) is 10.3 Å². The lowest BCUT2D eigenvalue weighted by molar-refractivity contribution is -0.126. The molecule has 0 aromatic carbocycles. The number of aromatic nitrogens is 1. The predicted octanol–water partition coefficient (Wildman–Crippen LogP) is 2.17. The Labute approximate surface area is 114 Å². The van der Waals surface area contributed by atoms with Gasteiger partial charge < -0.3 is 11.1 Å². The molecule has 1 saturated carbocycles. The first-order valence-corrected chi connectivity index (χ1v) is 7.14. The fraction of sp³-hybridized carbons (Fsp3) is 0.600. The van der Waals surface area contributed by atoms with Crippen molar-refractivity contribution in [2.45, 2.75) is 51.1 Å². The lowest BCUT2D eigenvalue weighted by atomic mass is 9.94. The third-order valence-corrected chi connectivity index (χ3v) is 3.95. The molecule has 1 aromatic heterocycles. The third kappa shape index (κ3) is 3.77. The number of carbonyl (C=O) groups is 1. The van der Waals surface area contributed by atoms with Crippen molar-refractivity contribution in [3.63, 3.8) is 0 Å². The standard InChI is InChI=1S/C15H23N3O/c1-11(12-6-5-9-17-10-12)18-15(19)13-7-3-2-4-8-14(13)16/h5-6,9-11,13-14H,2-4,7-8,16H2,1H3,(H,18,19)/t11-,13?,14?/m1/s1. The van der Waals surface area contributed by atoms with E-state index in [1.54, 1.807) is 12.4 Å². The van der Waals surface area contributed by atoms with E-state index in [1.807, 2.05) is 19.1 Å². The van der Waals surface area contributed by atoms with Crippen molar-refractivity contribution in [3.8, 4) is 0 Å². The summed E-state index contributed by atoms with van der Waals surface area (Å²) < 4.78 is 0. The maximum Gasteiger partial charge on any atom is 0.225 e. The summed E-state index contributed by atoms with van der Waals surface area (Å²) in [6, 6.07) is 3.85. The Balaban J connectivity index is 1.96. The molecule has 1 aliphatic rings. The summed E-state index contributed by atoms with van der Waals surface area (Å²) in [4.78, 5) is 16.4. The molecule has 104 valence electrons. The topological polar surface area (TPSA) is 68.0 Å². The van der Waals surface area contributed by atoms with E-state index in [0.29, 0.717) is 0 Å². The van der Waals surface area contributed by atoms with Gasteiger partial charge in [0.1, 0.15) is 0 Å². The van der Waals surface area contributed by atoms with E-state index in [0.717, 1.165) is 31.2 Å². The zero-order valence-corrected chi connectivity index (χ0v) is 11.5. The van der Waals surface area contributed by atoms with Crippen molar-refractivity contribution in [3.05, 3.63) is 30.1 Å². The van der Waals surface area contributed by atoms with Gasteiger partial charge in [0.25, 0.3) is 0 Å². The Kier molecular flexibility index (Phi) is 4.91. The molecule has 0 saturated heterocycles. The lowest BCUT2D eigenvalue weighted by Gasteiger charge is -2.23. The van der Waals surface area contributed by atoms with Crippen molar-refractivity contribution in [1.82, 2.24) is 10.3 Å². The van der Waals surface area contributed by atoms with Crippen LogP contribution in [0.15, 0.2) is 24.5 Å². The summed E-state index contributed by atoms with van der Waals surface area (Å²) in [6.07, 6.45) is 8.83. The van der Waals surface area contributed by atoms with Crippen LogP contribution in [-0.2, 0) is 4.79 Å². The van der Waals surface area contributed by atoms with Gasteiger partial charge in [-0.1, -0.05) is 25.3 Å². The summed E-state index contributed by atoms with van der Waals surface area (Å²) in [5.74, 6) is 0.0485. The second-order valence-corrected chi connectivity index (χ2v) is 5.42. The molecule has 4 nitrogen and oxygen atoms in total. The lowest BCUT2D eigenvalue weighted by Crippen LogP contribution is -2.42. The molecule has 2 unspecified atom stereocenters. The first-order valence-electron chi connectivity index (χ1n) is 7.14. The normalized spacial score (nSPS) is 25.4. The van der Waals surface area contributed by atoms with Crippen molar-refractivity contribution >= 4 is 5.91 Å². The second-order valence-electron chi connectivity index (χ2n) is 5.42. The average Bonchev–Trinajstić information content (AvgIpc) is 2.64. The van der Waals surface area contributed by atoms with E-state index in [9.17, 15) is 4.79 Å². The molecular formula is C15H23N3O. The number of pyridine rings is 1. The van der Waals surface area contributed by atoms with Gasteiger partial charge in [-0.05, 0) is 31.4 Å². The quantitative estimate of drug-likeness (QED) is 0.819. The van der Waals surface area contributed by atoms with Crippen LogP contribution < -0.4 is 11.1 Å². The maximum atomic E-state index is 12.3. The Hall–Kier alpha value is -1.42. The monoisotopic (exact) mass is 261 g/mol. The van der Waals surface area contributed by atoms with Crippen LogP contribution in [0.2, 0.25) is 0 Å². The van der Waals surface area contributed by atoms with Crippen LogP contribution >= 0.6 is 0 Å². The van der Waals surface area contributed by atoms with Crippen LogP contribution in [0.5, 0.6) is 0 Å². The van der Waals surface area contributed by atoms with Crippen LogP contribution in [0, 0.1) is 5.92 Å². The number of nitrogens with one attached hydrogen (secondary N) is 1. The van der Waals surface area contributed by atoms with Gasteiger partial charge in [-0.15, -0.1) is 0 Å². The molecule has 1 aromatic rings. The van der Waals surface area contributed by atoms with Gasteiger partial charge >= 0.3 is 0 Å². The molecule has 3 atom stereocenters. The van der Waals surface area contributed by atoms with Gasteiger partial charge in [-0.3, -0.25) is 9.78 Å². The average molecular weight is 261 g/mol. The second kappa shape index (κ2) is 6.66. The number of hydrogen-bond acceptors (Lipinski definition) is 3. The molecule has 1 amide bonds. The van der Waals surface area contributed by atoms with Crippen molar-refractivity contribution in [2.24, 2.45) is 11.7 Å². The zero-order valence-electron chi connectivity index (χ0n) is 11.5. The molecule has 0 spiro atoms. The molecule has 3 N–H and O–H groups in total. The third-order valence-electron chi connectivity index (χ3n) is 3.95. The highest BCUT2D eigenvalue weighted by atomic mass is 16.2. The first-order chi connectivity index (χ1) is 9.18. The minimum absolute atomic E-state index is 0.00333. The number of rotatable bonds is 3. The zero-order chi connectivity index (χ0) is 13.7. The Morgan fingerprint density at radius 3 is 2.95 bits per heavy atom. The predicted molar refractivity (Wildman–Crippen MR) is 75.3 cm³/mol. The van der Waals surface area contributed by atoms with Crippen molar-refractivity contribution < 1.29 is 4.79 Å². The molecule has 0 bridgehead atoms. The van der Waals surface area contributed by atoms with Gasteiger partial charge in [0.2, 0.25) is 5.91 Å². The fourth-order valence-electron chi connectivity index (χ4n) is 2.70. The van der Waals surface area contributed by atoms with E-state index in [1.165, 1.54) is 6.42 Å². The van der Waals surface area contributed by atoms with E-state index >= 15 is 0 Å². The van der Waals surface area contributed by atoms with Crippen molar-refractivity contribution in [2.75, 3.05) is 0 Å². The molecule has 2 rings (SSSR count). The molecule has 0 aliphatic heterocycles. The van der Waals surface area contributed by atoms with Gasteiger partial charge in [0.05, 0.1) is 12.0 Å². The van der Waals surface area contributed by atoms with E-state index in [-0.39, 0.29) is 23.9 Å². The number of amides is 1. The number of carbonyl (C=O) groups excluding carboxylic acids is 1. The highest BCUT2D eigenvalue weighted by molar-refractivity contribution is 5.79. The molecule has 0 radical (unpaired) electrons. The highest BCUT2D eigenvalue weighted by Gasteiger charge is 2.27. The Bertz CT molecular complexity index is 407. The minimum Gasteiger partial charge on any atom is -0.349 e.